The lowest BCUT2D eigenvalue weighted by atomic mass is 10.1. The average Bonchev–Trinajstić information content (AvgIpc) is 2.25. The summed E-state index contributed by atoms with van der Waals surface area (Å²) >= 11 is 3.35. The maximum absolute atomic E-state index is 5.81. The van der Waals surface area contributed by atoms with Gasteiger partial charge in [-0.25, -0.2) is 0 Å². The van der Waals surface area contributed by atoms with Crippen LogP contribution in [0.2, 0.25) is 0 Å². The minimum absolute atomic E-state index is 0.532. The first-order valence-corrected chi connectivity index (χ1v) is 6.64. The molecule has 2 N–H and O–H groups in total. The topological polar surface area (TPSA) is 44.5 Å². The van der Waals surface area contributed by atoms with E-state index in [4.69, 9.17) is 15.2 Å². The molecule has 0 bridgehead atoms. The number of hydrogen-bond acceptors (Lipinski definition) is 3. The highest BCUT2D eigenvalue weighted by Crippen LogP contribution is 2.24. The Morgan fingerprint density at radius 2 is 2.00 bits per heavy atom. The second-order valence-electron chi connectivity index (χ2n) is 4.33. The van der Waals surface area contributed by atoms with Crippen LogP contribution >= 0.6 is 15.9 Å². The molecule has 0 unspecified atom stereocenters. The van der Waals surface area contributed by atoms with Crippen LogP contribution in [0.1, 0.15) is 20.3 Å². The summed E-state index contributed by atoms with van der Waals surface area (Å²) < 4.78 is 11.9. The Labute approximate surface area is 111 Å². The molecule has 0 aromatic heterocycles. The molecular weight excluding hydrogens is 282 g/mol. The third-order valence-corrected chi connectivity index (χ3v) is 2.79. The largest absolute Gasteiger partial charge is 0.489 e. The first-order valence-electron chi connectivity index (χ1n) is 5.85. The van der Waals surface area contributed by atoms with E-state index in [1.807, 2.05) is 18.2 Å². The molecule has 0 atom stereocenters. The number of nitrogens with two attached hydrogens (primary N) is 1. The minimum atomic E-state index is 0.532. The van der Waals surface area contributed by atoms with E-state index in [0.29, 0.717) is 30.6 Å². The zero-order chi connectivity index (χ0) is 12.7. The summed E-state index contributed by atoms with van der Waals surface area (Å²) in [6, 6.07) is 5.59. The third-order valence-electron chi connectivity index (χ3n) is 2.30. The second-order valence-corrected chi connectivity index (χ2v) is 5.24. The number of halogens is 1. The van der Waals surface area contributed by atoms with Crippen molar-refractivity contribution in [2.45, 2.75) is 20.3 Å². The molecule has 0 aliphatic rings. The van der Waals surface area contributed by atoms with Crippen molar-refractivity contribution in [2.24, 2.45) is 5.92 Å². The summed E-state index contributed by atoms with van der Waals surface area (Å²) in [5, 5.41) is 0. The second kappa shape index (κ2) is 7.56. The van der Waals surface area contributed by atoms with Crippen molar-refractivity contribution in [1.29, 1.82) is 0 Å². The van der Waals surface area contributed by atoms with Gasteiger partial charge >= 0.3 is 0 Å². The van der Waals surface area contributed by atoms with Gasteiger partial charge < -0.3 is 15.2 Å². The number of rotatable bonds is 7. The van der Waals surface area contributed by atoms with Gasteiger partial charge in [0.15, 0.2) is 0 Å². The predicted molar refractivity (Wildman–Crippen MR) is 74.3 cm³/mol. The molecule has 0 saturated carbocycles. The van der Waals surface area contributed by atoms with E-state index >= 15 is 0 Å². The van der Waals surface area contributed by atoms with E-state index in [9.17, 15) is 0 Å². The van der Waals surface area contributed by atoms with Crippen molar-refractivity contribution in [3.05, 3.63) is 22.7 Å². The van der Waals surface area contributed by atoms with Gasteiger partial charge in [0.1, 0.15) is 12.4 Å². The summed E-state index contributed by atoms with van der Waals surface area (Å²) in [6.45, 7) is 6.29. The van der Waals surface area contributed by atoms with Crippen LogP contribution < -0.4 is 10.5 Å². The van der Waals surface area contributed by atoms with E-state index in [1.165, 1.54) is 0 Å². The minimum Gasteiger partial charge on any atom is -0.489 e. The number of ether oxygens (including phenoxy) is 2. The standard InChI is InChI=1S/C13H20BrNO2/c1-10(2)5-6-16-7-8-17-13-4-3-11(14)9-12(13)15/h3-4,9-10H,5-8,15H2,1-2H3. The SMILES string of the molecule is CC(C)CCOCCOc1ccc(Br)cc1N. The molecule has 0 heterocycles. The highest BCUT2D eigenvalue weighted by atomic mass is 79.9. The highest BCUT2D eigenvalue weighted by Gasteiger charge is 2.00. The van der Waals surface area contributed by atoms with Gasteiger partial charge in [-0.05, 0) is 30.5 Å². The van der Waals surface area contributed by atoms with E-state index < -0.39 is 0 Å². The normalized spacial score (nSPS) is 10.8. The number of hydrogen-bond donors (Lipinski definition) is 1. The molecule has 0 amide bonds. The van der Waals surface area contributed by atoms with Gasteiger partial charge in [0.05, 0.1) is 12.3 Å². The molecule has 0 radical (unpaired) electrons. The quantitative estimate of drug-likeness (QED) is 0.619. The van der Waals surface area contributed by atoms with E-state index in [2.05, 4.69) is 29.8 Å². The molecule has 4 heteroatoms. The fraction of sp³-hybridized carbons (Fsp3) is 0.538. The molecule has 96 valence electrons. The lowest BCUT2D eigenvalue weighted by molar-refractivity contribution is 0.0928. The maximum atomic E-state index is 5.81. The smallest absolute Gasteiger partial charge is 0.142 e. The van der Waals surface area contributed by atoms with Gasteiger partial charge in [0, 0.05) is 11.1 Å². The first-order chi connectivity index (χ1) is 8.09. The lowest BCUT2D eigenvalue weighted by Gasteiger charge is -2.10. The molecular formula is C13H20BrNO2. The van der Waals surface area contributed by atoms with Crippen molar-refractivity contribution in [3.63, 3.8) is 0 Å². The van der Waals surface area contributed by atoms with Gasteiger partial charge in [-0.2, -0.15) is 0 Å². The van der Waals surface area contributed by atoms with Crippen LogP contribution in [0.3, 0.4) is 0 Å². The predicted octanol–water partition coefficient (Wildman–Crippen LogP) is 3.47. The average molecular weight is 302 g/mol. The van der Waals surface area contributed by atoms with Gasteiger partial charge in [0.25, 0.3) is 0 Å². The van der Waals surface area contributed by atoms with E-state index in [1.54, 1.807) is 0 Å². The Morgan fingerprint density at radius 1 is 1.24 bits per heavy atom. The number of anilines is 1. The lowest BCUT2D eigenvalue weighted by Crippen LogP contribution is -2.09. The van der Waals surface area contributed by atoms with E-state index in [-0.39, 0.29) is 0 Å². The summed E-state index contributed by atoms with van der Waals surface area (Å²) in [5.41, 5.74) is 6.45. The molecule has 0 aliphatic carbocycles. The summed E-state index contributed by atoms with van der Waals surface area (Å²) in [7, 11) is 0. The zero-order valence-corrected chi connectivity index (χ0v) is 12.0. The Kier molecular flexibility index (Phi) is 6.37. The van der Waals surface area contributed by atoms with Crippen LogP contribution in [0, 0.1) is 5.92 Å². The number of nitrogen functional groups attached to an aromatic ring is 1. The zero-order valence-electron chi connectivity index (χ0n) is 10.4. The Morgan fingerprint density at radius 3 is 2.65 bits per heavy atom. The summed E-state index contributed by atoms with van der Waals surface area (Å²) in [4.78, 5) is 0. The fourth-order valence-corrected chi connectivity index (χ4v) is 1.66. The van der Waals surface area contributed by atoms with Crippen LogP contribution in [0.25, 0.3) is 0 Å². The first kappa shape index (κ1) is 14.3. The Hall–Kier alpha value is -0.740. The van der Waals surface area contributed by atoms with Gasteiger partial charge in [-0.3, -0.25) is 0 Å². The molecule has 0 saturated heterocycles. The third kappa shape index (κ3) is 5.94. The van der Waals surface area contributed by atoms with Gasteiger partial charge in [-0.1, -0.05) is 29.8 Å². The van der Waals surface area contributed by atoms with Crippen molar-refractivity contribution < 1.29 is 9.47 Å². The Balaban J connectivity index is 2.18. The van der Waals surface area contributed by atoms with Crippen LogP contribution in [0.15, 0.2) is 22.7 Å². The van der Waals surface area contributed by atoms with Crippen LogP contribution in [-0.2, 0) is 4.74 Å². The van der Waals surface area contributed by atoms with Crippen molar-refractivity contribution >= 4 is 21.6 Å². The monoisotopic (exact) mass is 301 g/mol. The molecule has 1 rings (SSSR count). The molecule has 0 fully saturated rings. The molecule has 1 aromatic carbocycles. The van der Waals surface area contributed by atoms with Crippen molar-refractivity contribution in [2.75, 3.05) is 25.6 Å². The molecule has 17 heavy (non-hydrogen) atoms. The summed E-state index contributed by atoms with van der Waals surface area (Å²) in [5.74, 6) is 1.39. The summed E-state index contributed by atoms with van der Waals surface area (Å²) in [6.07, 6.45) is 1.08. The molecule has 0 aliphatic heterocycles. The van der Waals surface area contributed by atoms with Crippen LogP contribution in [-0.4, -0.2) is 19.8 Å². The van der Waals surface area contributed by atoms with Crippen molar-refractivity contribution in [1.82, 2.24) is 0 Å². The fourth-order valence-electron chi connectivity index (χ4n) is 1.28. The number of benzene rings is 1. The molecule has 0 spiro atoms. The highest BCUT2D eigenvalue weighted by molar-refractivity contribution is 9.10. The van der Waals surface area contributed by atoms with E-state index in [0.717, 1.165) is 17.5 Å². The molecule has 3 nitrogen and oxygen atoms in total. The van der Waals surface area contributed by atoms with Crippen LogP contribution in [0.4, 0.5) is 5.69 Å². The molecule has 1 aromatic rings. The Bertz CT molecular complexity index is 342. The maximum Gasteiger partial charge on any atom is 0.142 e. The van der Waals surface area contributed by atoms with Crippen molar-refractivity contribution in [3.8, 4) is 5.75 Å². The van der Waals surface area contributed by atoms with Gasteiger partial charge in [0.2, 0.25) is 0 Å². The van der Waals surface area contributed by atoms with Crippen LogP contribution in [0.5, 0.6) is 5.75 Å². The van der Waals surface area contributed by atoms with Gasteiger partial charge in [-0.15, -0.1) is 0 Å².